The monoisotopic (exact) mass is 276 g/mol. The lowest BCUT2D eigenvalue weighted by Gasteiger charge is -2.07. The first-order valence-electron chi connectivity index (χ1n) is 6.86. The van der Waals surface area contributed by atoms with Crippen LogP contribution in [-0.4, -0.2) is 32.0 Å². The van der Waals surface area contributed by atoms with Crippen molar-refractivity contribution in [3.63, 3.8) is 0 Å². The first-order valence-corrected chi connectivity index (χ1v) is 6.86. The van der Waals surface area contributed by atoms with E-state index >= 15 is 0 Å². The molecule has 0 atom stereocenters. The number of amides is 2. The van der Waals surface area contributed by atoms with Gasteiger partial charge in [0.05, 0.1) is 13.7 Å². The summed E-state index contributed by atoms with van der Waals surface area (Å²) in [5.41, 5.74) is 1.10. The van der Waals surface area contributed by atoms with Gasteiger partial charge in [-0.3, -0.25) is 9.59 Å². The van der Waals surface area contributed by atoms with Crippen molar-refractivity contribution >= 4 is 11.8 Å². The molecular weight excluding hydrogens is 256 g/mol. The molecule has 0 aliphatic heterocycles. The zero-order chi connectivity index (χ0) is 14.4. The summed E-state index contributed by atoms with van der Waals surface area (Å²) in [5.74, 6) is 0.792. The molecule has 0 saturated heterocycles. The molecule has 1 fully saturated rings. The topological polar surface area (TPSA) is 67.4 Å². The number of nitrogens with one attached hydrogen (secondary N) is 2. The Balaban J connectivity index is 1.64. The number of carbonyl (C=O) groups is 2. The molecule has 1 saturated carbocycles. The van der Waals surface area contributed by atoms with E-state index in [2.05, 4.69) is 10.6 Å². The highest BCUT2D eigenvalue weighted by Crippen LogP contribution is 2.28. The highest BCUT2D eigenvalue weighted by atomic mass is 16.5. The molecule has 1 aliphatic rings. The van der Waals surface area contributed by atoms with E-state index in [0.29, 0.717) is 6.54 Å². The molecule has 0 radical (unpaired) electrons. The number of benzene rings is 1. The molecule has 2 N–H and O–H groups in total. The van der Waals surface area contributed by atoms with Gasteiger partial charge in [-0.15, -0.1) is 0 Å². The third-order valence-corrected chi connectivity index (χ3v) is 3.24. The molecule has 108 valence electrons. The second-order valence-corrected chi connectivity index (χ2v) is 4.94. The van der Waals surface area contributed by atoms with Crippen LogP contribution in [0.2, 0.25) is 0 Å². The predicted octanol–water partition coefficient (Wildman–Crippen LogP) is 0.880. The van der Waals surface area contributed by atoms with Crippen LogP contribution in [0.5, 0.6) is 5.75 Å². The second-order valence-electron chi connectivity index (χ2n) is 4.94. The largest absolute Gasteiger partial charge is 0.497 e. The average molecular weight is 276 g/mol. The lowest BCUT2D eigenvalue weighted by Crippen LogP contribution is -2.38. The molecule has 0 aromatic heterocycles. The van der Waals surface area contributed by atoms with Gasteiger partial charge in [0.1, 0.15) is 5.75 Å². The van der Waals surface area contributed by atoms with Gasteiger partial charge in [0.15, 0.2) is 0 Å². The fraction of sp³-hybridized carbons (Fsp3) is 0.467. The predicted molar refractivity (Wildman–Crippen MR) is 75.4 cm³/mol. The van der Waals surface area contributed by atoms with Crippen molar-refractivity contribution in [3.05, 3.63) is 29.8 Å². The fourth-order valence-electron chi connectivity index (χ4n) is 1.89. The van der Waals surface area contributed by atoms with Crippen LogP contribution >= 0.6 is 0 Å². The van der Waals surface area contributed by atoms with Crippen LogP contribution in [0.3, 0.4) is 0 Å². The second kappa shape index (κ2) is 6.93. The van der Waals surface area contributed by atoms with Crippen molar-refractivity contribution in [1.29, 1.82) is 0 Å². The lowest BCUT2D eigenvalue weighted by atomic mass is 10.1. The number of ether oxygens (including phenoxy) is 1. The normalized spacial score (nSPS) is 13.7. The number of carbonyl (C=O) groups excluding carboxylic acids is 2. The maximum atomic E-state index is 11.6. The molecule has 5 nitrogen and oxygen atoms in total. The summed E-state index contributed by atoms with van der Waals surface area (Å²) in [5, 5.41) is 5.43. The van der Waals surface area contributed by atoms with Gasteiger partial charge in [-0.1, -0.05) is 12.1 Å². The summed E-state index contributed by atoms with van der Waals surface area (Å²) in [6, 6.07) is 7.74. The Morgan fingerprint density at radius 3 is 2.80 bits per heavy atom. The molecular formula is C15H20N2O3. The molecule has 0 bridgehead atoms. The molecule has 5 heteroatoms. The summed E-state index contributed by atoms with van der Waals surface area (Å²) >= 11 is 0. The Labute approximate surface area is 118 Å². The molecule has 1 aromatic carbocycles. The smallest absolute Gasteiger partial charge is 0.239 e. The van der Waals surface area contributed by atoms with E-state index in [0.717, 1.165) is 30.6 Å². The first kappa shape index (κ1) is 14.4. The Bertz CT molecular complexity index is 484. The summed E-state index contributed by atoms with van der Waals surface area (Å²) in [6.45, 7) is 0.610. The van der Waals surface area contributed by atoms with Gasteiger partial charge in [0.2, 0.25) is 11.8 Å². The van der Waals surface area contributed by atoms with E-state index in [9.17, 15) is 9.59 Å². The van der Waals surface area contributed by atoms with Crippen molar-refractivity contribution in [2.45, 2.75) is 19.3 Å². The van der Waals surface area contributed by atoms with Crippen LogP contribution in [0.15, 0.2) is 24.3 Å². The highest BCUT2D eigenvalue weighted by molar-refractivity contribution is 5.86. The van der Waals surface area contributed by atoms with E-state index in [1.54, 1.807) is 7.11 Å². The van der Waals surface area contributed by atoms with Gasteiger partial charge in [0, 0.05) is 12.5 Å². The van der Waals surface area contributed by atoms with E-state index < -0.39 is 0 Å². The molecule has 1 aromatic rings. The van der Waals surface area contributed by atoms with E-state index in [-0.39, 0.29) is 24.3 Å². The summed E-state index contributed by atoms with van der Waals surface area (Å²) in [4.78, 5) is 22.9. The van der Waals surface area contributed by atoms with Crippen molar-refractivity contribution < 1.29 is 14.3 Å². The van der Waals surface area contributed by atoms with E-state index in [1.165, 1.54) is 0 Å². The zero-order valence-corrected chi connectivity index (χ0v) is 11.6. The standard InChI is InChI=1S/C15H20N2O3/c1-20-13-4-2-3-11(9-13)7-8-16-14(18)10-17-15(19)12-5-6-12/h2-4,9,12H,5-8,10H2,1H3,(H,16,18)(H,17,19). The Hall–Kier alpha value is -2.04. The minimum atomic E-state index is -0.151. The van der Waals surface area contributed by atoms with Crippen molar-refractivity contribution in [2.24, 2.45) is 5.92 Å². The van der Waals surface area contributed by atoms with E-state index in [4.69, 9.17) is 4.74 Å². The van der Waals surface area contributed by atoms with Crippen molar-refractivity contribution in [2.75, 3.05) is 20.2 Å². The summed E-state index contributed by atoms with van der Waals surface area (Å²) < 4.78 is 5.14. The van der Waals surface area contributed by atoms with Gasteiger partial charge in [-0.05, 0) is 37.0 Å². The van der Waals surface area contributed by atoms with Gasteiger partial charge in [0.25, 0.3) is 0 Å². The molecule has 2 rings (SSSR count). The lowest BCUT2D eigenvalue weighted by molar-refractivity contribution is -0.126. The molecule has 0 spiro atoms. The fourth-order valence-corrected chi connectivity index (χ4v) is 1.89. The molecule has 2 amide bonds. The average Bonchev–Trinajstić information content (AvgIpc) is 3.29. The Morgan fingerprint density at radius 1 is 1.30 bits per heavy atom. The van der Waals surface area contributed by atoms with Crippen LogP contribution in [0, 0.1) is 5.92 Å². The number of hydrogen-bond acceptors (Lipinski definition) is 3. The van der Waals surface area contributed by atoms with E-state index in [1.807, 2.05) is 24.3 Å². The highest BCUT2D eigenvalue weighted by Gasteiger charge is 2.29. The van der Waals surface area contributed by atoms with Gasteiger partial charge < -0.3 is 15.4 Å². The number of rotatable bonds is 7. The molecule has 1 aliphatic carbocycles. The van der Waals surface area contributed by atoms with Crippen molar-refractivity contribution in [3.8, 4) is 5.75 Å². The van der Waals surface area contributed by atoms with Crippen LogP contribution in [0.4, 0.5) is 0 Å². The molecule has 0 unspecified atom stereocenters. The minimum absolute atomic E-state index is 0.00653. The SMILES string of the molecule is COc1cccc(CCNC(=O)CNC(=O)C2CC2)c1. The van der Waals surface area contributed by atoms with Gasteiger partial charge >= 0.3 is 0 Å². The zero-order valence-electron chi connectivity index (χ0n) is 11.6. The maximum Gasteiger partial charge on any atom is 0.239 e. The quantitative estimate of drug-likeness (QED) is 0.777. The van der Waals surface area contributed by atoms with Crippen LogP contribution in [0.25, 0.3) is 0 Å². The van der Waals surface area contributed by atoms with Gasteiger partial charge in [-0.2, -0.15) is 0 Å². The van der Waals surface area contributed by atoms with Gasteiger partial charge in [-0.25, -0.2) is 0 Å². The Kier molecular flexibility index (Phi) is 4.98. The number of methoxy groups -OCH3 is 1. The Morgan fingerprint density at radius 2 is 2.10 bits per heavy atom. The first-order chi connectivity index (χ1) is 9.69. The third kappa shape index (κ3) is 4.57. The van der Waals surface area contributed by atoms with Crippen LogP contribution in [-0.2, 0) is 16.0 Å². The maximum absolute atomic E-state index is 11.6. The van der Waals surface area contributed by atoms with Crippen molar-refractivity contribution in [1.82, 2.24) is 10.6 Å². The summed E-state index contributed by atoms with van der Waals surface area (Å²) in [7, 11) is 1.63. The van der Waals surface area contributed by atoms with Crippen LogP contribution in [0.1, 0.15) is 18.4 Å². The minimum Gasteiger partial charge on any atom is -0.497 e. The van der Waals surface area contributed by atoms with Crippen LogP contribution < -0.4 is 15.4 Å². The third-order valence-electron chi connectivity index (χ3n) is 3.24. The number of hydrogen-bond donors (Lipinski definition) is 2. The summed E-state index contributed by atoms with van der Waals surface area (Å²) in [6.07, 6.45) is 2.63. The molecule has 0 heterocycles. The molecule has 20 heavy (non-hydrogen) atoms.